The van der Waals surface area contributed by atoms with E-state index < -0.39 is 11.8 Å². The molecule has 2 aromatic carbocycles. The molecule has 0 atom stereocenters. The third-order valence-corrected chi connectivity index (χ3v) is 5.19. The van der Waals surface area contributed by atoms with Crippen LogP contribution in [-0.4, -0.2) is 17.9 Å². The van der Waals surface area contributed by atoms with E-state index in [2.05, 4.69) is 10.9 Å². The maximum Gasteiger partial charge on any atom is 0.281 e. The Balaban J connectivity index is 1.65. The number of amides is 2. The number of ether oxygens (including phenoxy) is 1. The summed E-state index contributed by atoms with van der Waals surface area (Å²) in [6.07, 6.45) is 0.0556. The highest BCUT2D eigenvalue weighted by atomic mass is 35.5. The van der Waals surface area contributed by atoms with Crippen molar-refractivity contribution in [3.05, 3.63) is 64.0 Å². The molecule has 2 amide bonds. The van der Waals surface area contributed by atoms with Crippen LogP contribution in [0, 0.1) is 0 Å². The first-order chi connectivity index (χ1) is 12.5. The zero-order valence-electron chi connectivity index (χ0n) is 14.2. The lowest BCUT2D eigenvalue weighted by Gasteiger charge is -2.10. The smallest absolute Gasteiger partial charge is 0.281 e. The van der Waals surface area contributed by atoms with E-state index in [1.165, 1.54) is 11.3 Å². The van der Waals surface area contributed by atoms with Crippen LogP contribution in [0.2, 0.25) is 5.02 Å². The Morgan fingerprint density at radius 2 is 1.65 bits per heavy atom. The Hall–Kier alpha value is -2.57. The van der Waals surface area contributed by atoms with Gasteiger partial charge in [-0.15, -0.1) is 11.3 Å². The summed E-state index contributed by atoms with van der Waals surface area (Å²) in [5.41, 5.74) is 5.21. The molecule has 134 valence electrons. The van der Waals surface area contributed by atoms with Gasteiger partial charge in [-0.05, 0) is 44.2 Å². The molecule has 0 fully saturated rings. The molecule has 0 saturated carbocycles. The Kier molecular flexibility index (Phi) is 5.44. The fourth-order valence-corrected chi connectivity index (χ4v) is 3.77. The van der Waals surface area contributed by atoms with Crippen molar-refractivity contribution in [1.29, 1.82) is 0 Å². The highest BCUT2D eigenvalue weighted by Crippen LogP contribution is 2.34. The standard InChI is InChI=1S/C19H17ClN2O3S/c1-11(2)25-13-9-7-12(8-10-13)18(23)21-22-19(24)17-16(20)14-5-3-4-6-15(14)26-17/h3-11H,1-2H3,(H,21,23)(H,22,24). The first-order valence-electron chi connectivity index (χ1n) is 8.00. The van der Waals surface area contributed by atoms with Crippen LogP contribution in [0.25, 0.3) is 10.1 Å². The zero-order chi connectivity index (χ0) is 18.7. The van der Waals surface area contributed by atoms with E-state index >= 15 is 0 Å². The number of hydrogen-bond donors (Lipinski definition) is 2. The lowest BCUT2D eigenvalue weighted by molar-refractivity contribution is 0.0849. The summed E-state index contributed by atoms with van der Waals surface area (Å²) < 4.78 is 6.44. The molecular formula is C19H17ClN2O3S. The molecule has 7 heteroatoms. The molecule has 0 aliphatic heterocycles. The van der Waals surface area contributed by atoms with E-state index in [-0.39, 0.29) is 6.10 Å². The summed E-state index contributed by atoms with van der Waals surface area (Å²) in [6.45, 7) is 3.85. The molecule has 1 heterocycles. The summed E-state index contributed by atoms with van der Waals surface area (Å²) in [5.74, 6) is -0.200. The van der Waals surface area contributed by atoms with Crippen molar-refractivity contribution in [2.75, 3.05) is 0 Å². The minimum absolute atomic E-state index is 0.0556. The first kappa shape index (κ1) is 18.2. The Bertz CT molecular complexity index is 951. The average Bonchev–Trinajstić information content (AvgIpc) is 2.97. The van der Waals surface area contributed by atoms with Gasteiger partial charge >= 0.3 is 0 Å². The van der Waals surface area contributed by atoms with Crippen molar-refractivity contribution in [2.45, 2.75) is 20.0 Å². The number of rotatable bonds is 4. The molecule has 3 aromatic rings. The number of benzene rings is 2. The number of hydrogen-bond acceptors (Lipinski definition) is 4. The van der Waals surface area contributed by atoms with Crippen molar-refractivity contribution in [2.24, 2.45) is 0 Å². The monoisotopic (exact) mass is 388 g/mol. The van der Waals surface area contributed by atoms with E-state index in [1.54, 1.807) is 24.3 Å². The van der Waals surface area contributed by atoms with Crippen LogP contribution in [-0.2, 0) is 0 Å². The first-order valence-corrected chi connectivity index (χ1v) is 9.19. The van der Waals surface area contributed by atoms with Crippen LogP contribution >= 0.6 is 22.9 Å². The van der Waals surface area contributed by atoms with Crippen molar-refractivity contribution in [3.63, 3.8) is 0 Å². The predicted molar refractivity (Wildman–Crippen MR) is 104 cm³/mol. The highest BCUT2D eigenvalue weighted by molar-refractivity contribution is 7.21. The van der Waals surface area contributed by atoms with Crippen molar-refractivity contribution < 1.29 is 14.3 Å². The fourth-order valence-electron chi connectivity index (χ4n) is 2.36. The molecule has 0 spiro atoms. The van der Waals surface area contributed by atoms with Gasteiger partial charge in [-0.2, -0.15) is 0 Å². The van der Waals surface area contributed by atoms with Gasteiger partial charge in [0.1, 0.15) is 10.6 Å². The van der Waals surface area contributed by atoms with Gasteiger partial charge in [-0.1, -0.05) is 29.8 Å². The molecule has 0 bridgehead atoms. The van der Waals surface area contributed by atoms with Crippen LogP contribution in [0.3, 0.4) is 0 Å². The van der Waals surface area contributed by atoms with Crippen LogP contribution in [0.5, 0.6) is 5.75 Å². The van der Waals surface area contributed by atoms with Gasteiger partial charge in [0.2, 0.25) is 0 Å². The summed E-state index contributed by atoms with van der Waals surface area (Å²) in [7, 11) is 0. The number of thiophene rings is 1. The van der Waals surface area contributed by atoms with Gasteiger partial charge in [0, 0.05) is 15.6 Å². The van der Waals surface area contributed by atoms with Gasteiger partial charge < -0.3 is 4.74 Å². The van der Waals surface area contributed by atoms with Crippen molar-refractivity contribution >= 4 is 44.8 Å². The van der Waals surface area contributed by atoms with Crippen molar-refractivity contribution in [1.82, 2.24) is 10.9 Å². The van der Waals surface area contributed by atoms with Gasteiger partial charge in [0.25, 0.3) is 11.8 Å². The van der Waals surface area contributed by atoms with Crippen molar-refractivity contribution in [3.8, 4) is 5.75 Å². The van der Waals surface area contributed by atoms with E-state index in [0.29, 0.717) is 21.2 Å². The summed E-state index contributed by atoms with van der Waals surface area (Å²) in [6, 6.07) is 14.2. The quantitative estimate of drug-likeness (QED) is 0.650. The zero-order valence-corrected chi connectivity index (χ0v) is 15.8. The SMILES string of the molecule is CC(C)Oc1ccc(C(=O)NNC(=O)c2sc3ccccc3c2Cl)cc1. The maximum atomic E-state index is 12.3. The highest BCUT2D eigenvalue weighted by Gasteiger charge is 2.17. The topological polar surface area (TPSA) is 67.4 Å². The normalized spacial score (nSPS) is 10.8. The Morgan fingerprint density at radius 1 is 1.00 bits per heavy atom. The summed E-state index contributed by atoms with van der Waals surface area (Å²) in [5, 5.41) is 1.20. The van der Waals surface area contributed by atoms with Crippen LogP contribution in [0.15, 0.2) is 48.5 Å². The fraction of sp³-hybridized carbons (Fsp3) is 0.158. The van der Waals surface area contributed by atoms with E-state index in [0.717, 1.165) is 10.1 Å². The van der Waals surface area contributed by atoms with Gasteiger partial charge in [0.15, 0.2) is 0 Å². The Labute approximate surface area is 159 Å². The molecule has 3 rings (SSSR count). The maximum absolute atomic E-state index is 12.3. The largest absolute Gasteiger partial charge is 0.491 e. The molecule has 5 nitrogen and oxygen atoms in total. The lowest BCUT2D eigenvalue weighted by Crippen LogP contribution is -2.41. The average molecular weight is 389 g/mol. The molecule has 1 aromatic heterocycles. The number of hydrazine groups is 1. The summed E-state index contributed by atoms with van der Waals surface area (Å²) in [4.78, 5) is 24.9. The summed E-state index contributed by atoms with van der Waals surface area (Å²) >= 11 is 7.54. The second kappa shape index (κ2) is 7.76. The predicted octanol–water partition coefficient (Wildman–Crippen LogP) is 4.42. The Morgan fingerprint density at radius 3 is 2.31 bits per heavy atom. The lowest BCUT2D eigenvalue weighted by atomic mass is 10.2. The van der Waals surface area contributed by atoms with Crippen LogP contribution in [0.4, 0.5) is 0 Å². The second-order valence-corrected chi connectivity index (χ2v) is 7.27. The molecular weight excluding hydrogens is 372 g/mol. The third-order valence-electron chi connectivity index (χ3n) is 3.52. The molecule has 26 heavy (non-hydrogen) atoms. The molecule has 2 N–H and O–H groups in total. The molecule has 0 unspecified atom stereocenters. The number of nitrogens with one attached hydrogen (secondary N) is 2. The van der Waals surface area contributed by atoms with Gasteiger partial charge in [0.05, 0.1) is 11.1 Å². The minimum atomic E-state index is -0.454. The van der Waals surface area contributed by atoms with E-state index in [1.807, 2.05) is 38.1 Å². The number of fused-ring (bicyclic) bond motifs is 1. The minimum Gasteiger partial charge on any atom is -0.491 e. The van der Waals surface area contributed by atoms with E-state index in [9.17, 15) is 9.59 Å². The third kappa shape index (κ3) is 3.98. The molecule has 0 saturated heterocycles. The van der Waals surface area contributed by atoms with Crippen LogP contribution < -0.4 is 15.6 Å². The van der Waals surface area contributed by atoms with Gasteiger partial charge in [-0.25, -0.2) is 0 Å². The second-order valence-electron chi connectivity index (χ2n) is 5.84. The number of carbonyl (C=O) groups is 2. The van der Waals surface area contributed by atoms with Gasteiger partial charge in [-0.3, -0.25) is 20.4 Å². The number of carbonyl (C=O) groups excluding carboxylic acids is 2. The van der Waals surface area contributed by atoms with Crippen LogP contribution in [0.1, 0.15) is 33.9 Å². The molecule has 0 aliphatic carbocycles. The molecule has 0 radical (unpaired) electrons. The van der Waals surface area contributed by atoms with E-state index in [4.69, 9.17) is 16.3 Å². The molecule has 0 aliphatic rings. The number of halogens is 1.